The van der Waals surface area contributed by atoms with E-state index in [2.05, 4.69) is 24.7 Å². The van der Waals surface area contributed by atoms with Gasteiger partial charge in [-0.15, -0.1) is 0 Å². The summed E-state index contributed by atoms with van der Waals surface area (Å²) in [5.41, 5.74) is 3.08. The van der Waals surface area contributed by atoms with Crippen molar-refractivity contribution < 1.29 is 9.84 Å². The number of aromatic nitrogens is 2. The Bertz CT molecular complexity index is 558. The van der Waals surface area contributed by atoms with E-state index < -0.39 is 8.07 Å². The molecule has 5 heteroatoms. The Morgan fingerprint density at radius 2 is 1.86 bits per heavy atom. The van der Waals surface area contributed by atoms with Gasteiger partial charge in [0, 0.05) is 26.4 Å². The zero-order valence-corrected chi connectivity index (χ0v) is 14.0. The molecule has 0 bridgehead atoms. The van der Waals surface area contributed by atoms with Crippen molar-refractivity contribution >= 4 is 8.07 Å². The van der Waals surface area contributed by atoms with Crippen LogP contribution in [0.25, 0.3) is 11.1 Å². The standard InChI is InChI=1S/C16H24N2O2Si/c1-21(2,3)9-8-20-13-18-11-16(10-17-18)15-6-4-14(12-19)5-7-15/h4-7,10-11,19H,8-9,12-13H2,1-3H3. The second-order valence-electron chi connectivity index (χ2n) is 6.47. The molecule has 0 atom stereocenters. The maximum atomic E-state index is 9.05. The number of benzene rings is 1. The second kappa shape index (κ2) is 7.02. The fraction of sp³-hybridized carbons (Fsp3) is 0.438. The summed E-state index contributed by atoms with van der Waals surface area (Å²) >= 11 is 0. The molecule has 114 valence electrons. The van der Waals surface area contributed by atoms with Gasteiger partial charge in [-0.2, -0.15) is 5.10 Å². The SMILES string of the molecule is C[Si](C)(C)CCOCn1cc(-c2ccc(CO)cc2)cn1. The van der Waals surface area contributed by atoms with Gasteiger partial charge in [0.25, 0.3) is 0 Å². The first-order valence-corrected chi connectivity index (χ1v) is 11.0. The molecule has 0 spiro atoms. The maximum absolute atomic E-state index is 9.05. The van der Waals surface area contributed by atoms with E-state index in [9.17, 15) is 0 Å². The number of nitrogens with zero attached hydrogens (tertiary/aromatic N) is 2. The average molecular weight is 304 g/mol. The normalized spacial score (nSPS) is 11.8. The lowest BCUT2D eigenvalue weighted by Gasteiger charge is -2.15. The highest BCUT2D eigenvalue weighted by molar-refractivity contribution is 6.76. The summed E-state index contributed by atoms with van der Waals surface area (Å²) in [4.78, 5) is 0. The van der Waals surface area contributed by atoms with E-state index in [1.54, 1.807) is 0 Å². The number of ether oxygens (including phenoxy) is 1. The fourth-order valence-corrected chi connectivity index (χ4v) is 2.68. The van der Waals surface area contributed by atoms with E-state index in [1.165, 1.54) is 6.04 Å². The molecule has 0 saturated carbocycles. The molecular weight excluding hydrogens is 280 g/mol. The van der Waals surface area contributed by atoms with Crippen molar-refractivity contribution in [3.05, 3.63) is 42.2 Å². The smallest absolute Gasteiger partial charge is 0.139 e. The molecule has 0 aliphatic rings. The molecular formula is C16H24N2O2Si. The molecule has 0 unspecified atom stereocenters. The third-order valence-electron chi connectivity index (χ3n) is 3.32. The lowest BCUT2D eigenvalue weighted by atomic mass is 10.1. The number of rotatable bonds is 7. The third kappa shape index (κ3) is 5.11. The summed E-state index contributed by atoms with van der Waals surface area (Å²) < 4.78 is 7.50. The van der Waals surface area contributed by atoms with Crippen LogP contribution in [0, 0.1) is 0 Å². The number of aliphatic hydroxyl groups is 1. The molecule has 1 aromatic carbocycles. The quantitative estimate of drug-likeness (QED) is 0.630. The van der Waals surface area contributed by atoms with Gasteiger partial charge >= 0.3 is 0 Å². The monoisotopic (exact) mass is 304 g/mol. The van der Waals surface area contributed by atoms with Crippen LogP contribution in [0.3, 0.4) is 0 Å². The Morgan fingerprint density at radius 1 is 1.14 bits per heavy atom. The predicted molar refractivity (Wildman–Crippen MR) is 87.7 cm³/mol. The molecule has 21 heavy (non-hydrogen) atoms. The molecule has 2 rings (SSSR count). The largest absolute Gasteiger partial charge is 0.392 e. The minimum Gasteiger partial charge on any atom is -0.392 e. The predicted octanol–water partition coefficient (Wildman–Crippen LogP) is 3.35. The van der Waals surface area contributed by atoms with E-state index >= 15 is 0 Å². The van der Waals surface area contributed by atoms with Crippen LogP contribution in [0.4, 0.5) is 0 Å². The first-order chi connectivity index (χ1) is 9.98. The molecule has 2 aromatic rings. The molecule has 1 aromatic heterocycles. The third-order valence-corrected chi connectivity index (χ3v) is 5.03. The molecule has 0 radical (unpaired) electrons. The van der Waals surface area contributed by atoms with E-state index in [-0.39, 0.29) is 6.61 Å². The van der Waals surface area contributed by atoms with Crippen LogP contribution in [0.1, 0.15) is 5.56 Å². The van der Waals surface area contributed by atoms with Crippen LogP contribution >= 0.6 is 0 Å². The van der Waals surface area contributed by atoms with Crippen LogP contribution in [0.15, 0.2) is 36.7 Å². The average Bonchev–Trinajstić information content (AvgIpc) is 2.91. The van der Waals surface area contributed by atoms with Gasteiger partial charge in [0.1, 0.15) is 6.73 Å². The number of hydrogen-bond donors (Lipinski definition) is 1. The first-order valence-electron chi connectivity index (χ1n) is 7.28. The molecule has 0 aliphatic heterocycles. The van der Waals surface area contributed by atoms with Crippen molar-refractivity contribution in [3.8, 4) is 11.1 Å². The van der Waals surface area contributed by atoms with Gasteiger partial charge in [0.2, 0.25) is 0 Å². The van der Waals surface area contributed by atoms with Crippen LogP contribution < -0.4 is 0 Å². The van der Waals surface area contributed by atoms with Gasteiger partial charge < -0.3 is 9.84 Å². The van der Waals surface area contributed by atoms with Gasteiger partial charge in [-0.05, 0) is 17.2 Å². The van der Waals surface area contributed by atoms with Crippen molar-refractivity contribution in [3.63, 3.8) is 0 Å². The van der Waals surface area contributed by atoms with Gasteiger partial charge in [0.05, 0.1) is 12.8 Å². The first kappa shape index (κ1) is 15.9. The van der Waals surface area contributed by atoms with E-state index in [4.69, 9.17) is 9.84 Å². The van der Waals surface area contributed by atoms with Crippen molar-refractivity contribution in [1.29, 1.82) is 0 Å². The van der Waals surface area contributed by atoms with E-state index in [0.29, 0.717) is 6.73 Å². The Kier molecular flexibility index (Phi) is 5.33. The number of aliphatic hydroxyl groups excluding tert-OH is 1. The van der Waals surface area contributed by atoms with Crippen molar-refractivity contribution in [2.24, 2.45) is 0 Å². The highest BCUT2D eigenvalue weighted by atomic mass is 28.3. The molecule has 4 nitrogen and oxygen atoms in total. The minimum atomic E-state index is -1.03. The highest BCUT2D eigenvalue weighted by Gasteiger charge is 2.12. The molecule has 0 fully saturated rings. The Labute approximate surface area is 127 Å². The van der Waals surface area contributed by atoms with Crippen LogP contribution in [0.5, 0.6) is 0 Å². The fourth-order valence-electron chi connectivity index (χ4n) is 1.92. The Balaban J connectivity index is 1.88. The zero-order valence-electron chi connectivity index (χ0n) is 13.0. The summed E-state index contributed by atoms with van der Waals surface area (Å²) in [6.07, 6.45) is 3.83. The van der Waals surface area contributed by atoms with Gasteiger partial charge in [0.15, 0.2) is 0 Å². The van der Waals surface area contributed by atoms with Crippen LogP contribution in [0.2, 0.25) is 25.7 Å². The Hall–Kier alpha value is -1.43. The topological polar surface area (TPSA) is 47.3 Å². The van der Waals surface area contributed by atoms with Crippen LogP contribution in [-0.4, -0.2) is 29.6 Å². The van der Waals surface area contributed by atoms with Crippen LogP contribution in [-0.2, 0) is 18.1 Å². The summed E-state index contributed by atoms with van der Waals surface area (Å²) in [6, 6.07) is 9.02. The minimum absolute atomic E-state index is 0.0739. The summed E-state index contributed by atoms with van der Waals surface area (Å²) in [7, 11) is -1.03. The van der Waals surface area contributed by atoms with Crippen molar-refractivity contribution in [2.75, 3.05) is 6.61 Å². The van der Waals surface area contributed by atoms with Crippen molar-refractivity contribution in [1.82, 2.24) is 9.78 Å². The molecule has 0 saturated heterocycles. The lowest BCUT2D eigenvalue weighted by Crippen LogP contribution is -2.22. The molecule has 0 aliphatic carbocycles. The van der Waals surface area contributed by atoms with Gasteiger partial charge in [-0.3, -0.25) is 0 Å². The van der Waals surface area contributed by atoms with Crippen molar-refractivity contribution in [2.45, 2.75) is 39.0 Å². The molecule has 1 N–H and O–H groups in total. The zero-order chi connectivity index (χ0) is 15.3. The van der Waals surface area contributed by atoms with E-state index in [1.807, 2.05) is 41.3 Å². The summed E-state index contributed by atoms with van der Waals surface area (Å²) in [6.45, 7) is 8.41. The van der Waals surface area contributed by atoms with E-state index in [0.717, 1.165) is 23.3 Å². The lowest BCUT2D eigenvalue weighted by molar-refractivity contribution is 0.0786. The Morgan fingerprint density at radius 3 is 2.48 bits per heavy atom. The van der Waals surface area contributed by atoms with Gasteiger partial charge in [-0.1, -0.05) is 43.9 Å². The number of hydrogen-bond acceptors (Lipinski definition) is 3. The molecule has 0 amide bonds. The summed E-state index contributed by atoms with van der Waals surface area (Å²) in [5, 5.41) is 13.4. The summed E-state index contributed by atoms with van der Waals surface area (Å²) in [5.74, 6) is 0. The molecule has 1 heterocycles. The maximum Gasteiger partial charge on any atom is 0.139 e. The second-order valence-corrected chi connectivity index (χ2v) is 12.1. The highest BCUT2D eigenvalue weighted by Crippen LogP contribution is 2.19. The van der Waals surface area contributed by atoms with Gasteiger partial charge in [-0.25, -0.2) is 4.68 Å².